The van der Waals surface area contributed by atoms with Crippen molar-refractivity contribution in [2.75, 3.05) is 25.0 Å². The molecule has 0 aromatic heterocycles. The molecule has 7 nitrogen and oxygen atoms in total. The second kappa shape index (κ2) is 6.57. The van der Waals surface area contributed by atoms with Gasteiger partial charge in [-0.25, -0.2) is 9.59 Å². The maximum absolute atomic E-state index is 12.1. The van der Waals surface area contributed by atoms with Gasteiger partial charge in [0.1, 0.15) is 6.54 Å². The molecule has 1 saturated heterocycles. The van der Waals surface area contributed by atoms with Crippen LogP contribution in [0.2, 0.25) is 0 Å². The molecule has 3 N–H and O–H groups in total. The number of anilines is 1. The Hall–Kier alpha value is -2.09. The third-order valence-corrected chi connectivity index (χ3v) is 3.40. The largest absolute Gasteiger partial charge is 0.478 e. The number of carboxylic acids is 1. The molecule has 1 fully saturated rings. The number of aromatic carboxylic acids is 1. The second-order valence-corrected chi connectivity index (χ2v) is 5.50. The van der Waals surface area contributed by atoms with Crippen molar-refractivity contribution in [3.63, 3.8) is 0 Å². The van der Waals surface area contributed by atoms with E-state index in [0.29, 0.717) is 29.7 Å². The van der Waals surface area contributed by atoms with Gasteiger partial charge < -0.3 is 20.6 Å². The van der Waals surface area contributed by atoms with Crippen LogP contribution in [0.15, 0.2) is 22.7 Å². The molecule has 0 radical (unpaired) electrons. The zero-order valence-electron chi connectivity index (χ0n) is 11.1. The molecule has 0 unspecified atom stereocenters. The van der Waals surface area contributed by atoms with Gasteiger partial charge in [0, 0.05) is 23.2 Å². The van der Waals surface area contributed by atoms with E-state index in [-0.39, 0.29) is 18.0 Å². The van der Waals surface area contributed by atoms with Gasteiger partial charge >= 0.3 is 12.0 Å². The highest BCUT2D eigenvalue weighted by atomic mass is 79.9. The number of urea groups is 1. The molecule has 3 amide bonds. The summed E-state index contributed by atoms with van der Waals surface area (Å²) in [6.45, 7) is 0.999. The van der Waals surface area contributed by atoms with E-state index in [1.165, 1.54) is 17.0 Å². The zero-order valence-corrected chi connectivity index (χ0v) is 12.6. The first kappa shape index (κ1) is 15.3. The standard InChI is InChI=1S/C13H14BrN3O4/c14-9-4-8(12(19)20)5-10(6-9)16-13(21)17-3-1-2-15-11(18)7-17/h4-6H,1-3,7H2,(H,15,18)(H,16,21)(H,19,20). The molecule has 112 valence electrons. The summed E-state index contributed by atoms with van der Waals surface area (Å²) in [5.41, 5.74) is 0.421. The van der Waals surface area contributed by atoms with Crippen LogP contribution in [0.3, 0.4) is 0 Å². The molecule has 8 heteroatoms. The summed E-state index contributed by atoms with van der Waals surface area (Å²) < 4.78 is 0.548. The molecule has 1 aromatic rings. The number of amides is 3. The number of nitrogens with zero attached hydrogens (tertiary/aromatic N) is 1. The average molecular weight is 356 g/mol. The van der Waals surface area contributed by atoms with Crippen LogP contribution in [0.1, 0.15) is 16.8 Å². The average Bonchev–Trinajstić information content (AvgIpc) is 2.62. The molecule has 1 aliphatic rings. The van der Waals surface area contributed by atoms with E-state index in [9.17, 15) is 14.4 Å². The first-order valence-corrected chi connectivity index (χ1v) is 7.11. The van der Waals surface area contributed by atoms with Crippen LogP contribution >= 0.6 is 15.9 Å². The first-order chi connectivity index (χ1) is 9.95. The van der Waals surface area contributed by atoms with Crippen molar-refractivity contribution in [2.45, 2.75) is 6.42 Å². The molecule has 2 rings (SSSR count). The lowest BCUT2D eigenvalue weighted by atomic mass is 10.2. The Morgan fingerprint density at radius 1 is 1.33 bits per heavy atom. The van der Waals surface area contributed by atoms with Gasteiger partial charge in [-0.15, -0.1) is 0 Å². The van der Waals surface area contributed by atoms with Crippen molar-refractivity contribution in [3.8, 4) is 0 Å². The molecular formula is C13H14BrN3O4. The Balaban J connectivity index is 2.11. The van der Waals surface area contributed by atoms with Gasteiger partial charge in [0.15, 0.2) is 0 Å². The molecule has 0 spiro atoms. The van der Waals surface area contributed by atoms with Crippen LogP contribution in [0, 0.1) is 0 Å². The number of rotatable bonds is 2. The van der Waals surface area contributed by atoms with Crippen LogP contribution in [-0.2, 0) is 4.79 Å². The number of halogens is 1. The van der Waals surface area contributed by atoms with Crippen molar-refractivity contribution in [1.82, 2.24) is 10.2 Å². The number of hydrogen-bond acceptors (Lipinski definition) is 3. The first-order valence-electron chi connectivity index (χ1n) is 6.32. The molecule has 21 heavy (non-hydrogen) atoms. The Morgan fingerprint density at radius 2 is 2.10 bits per heavy atom. The molecule has 0 aliphatic carbocycles. The SMILES string of the molecule is O=C1CN(C(=O)Nc2cc(Br)cc(C(=O)O)c2)CCCN1. The van der Waals surface area contributed by atoms with Crippen LogP contribution in [0.4, 0.5) is 10.5 Å². The summed E-state index contributed by atoms with van der Waals surface area (Å²) in [6.07, 6.45) is 0.679. The summed E-state index contributed by atoms with van der Waals surface area (Å²) in [6, 6.07) is 3.98. The highest BCUT2D eigenvalue weighted by Crippen LogP contribution is 2.20. The van der Waals surface area contributed by atoms with Crippen molar-refractivity contribution < 1.29 is 19.5 Å². The number of carbonyl (C=O) groups is 3. The maximum Gasteiger partial charge on any atom is 0.335 e. The van der Waals surface area contributed by atoms with Crippen LogP contribution in [-0.4, -0.2) is 47.5 Å². The van der Waals surface area contributed by atoms with Crippen molar-refractivity contribution >= 4 is 39.5 Å². The number of nitrogens with one attached hydrogen (secondary N) is 2. The van der Waals surface area contributed by atoms with Gasteiger partial charge in [-0.2, -0.15) is 0 Å². The lowest BCUT2D eigenvalue weighted by molar-refractivity contribution is -0.120. The highest BCUT2D eigenvalue weighted by molar-refractivity contribution is 9.10. The molecule has 0 bridgehead atoms. The van der Waals surface area contributed by atoms with E-state index in [1.54, 1.807) is 6.07 Å². The van der Waals surface area contributed by atoms with E-state index in [2.05, 4.69) is 26.6 Å². The van der Waals surface area contributed by atoms with Gasteiger partial charge in [0.25, 0.3) is 0 Å². The Kier molecular flexibility index (Phi) is 4.79. The molecule has 0 atom stereocenters. The number of carboxylic acid groups (broad SMARTS) is 1. The van der Waals surface area contributed by atoms with E-state index >= 15 is 0 Å². The smallest absolute Gasteiger partial charge is 0.335 e. The van der Waals surface area contributed by atoms with E-state index in [0.717, 1.165) is 0 Å². The minimum Gasteiger partial charge on any atom is -0.478 e. The van der Waals surface area contributed by atoms with Crippen molar-refractivity contribution in [2.24, 2.45) is 0 Å². The third kappa shape index (κ3) is 4.19. The Morgan fingerprint density at radius 3 is 2.81 bits per heavy atom. The van der Waals surface area contributed by atoms with Gasteiger partial charge in [-0.05, 0) is 24.6 Å². The quantitative estimate of drug-likeness (QED) is 0.748. The van der Waals surface area contributed by atoms with Crippen molar-refractivity contribution in [1.29, 1.82) is 0 Å². The van der Waals surface area contributed by atoms with Crippen molar-refractivity contribution in [3.05, 3.63) is 28.2 Å². The van der Waals surface area contributed by atoms with E-state index in [1.807, 2.05) is 0 Å². The lowest BCUT2D eigenvalue weighted by Crippen LogP contribution is -2.39. The van der Waals surface area contributed by atoms with Gasteiger partial charge in [0.2, 0.25) is 5.91 Å². The zero-order chi connectivity index (χ0) is 15.4. The fourth-order valence-electron chi connectivity index (χ4n) is 1.97. The topological polar surface area (TPSA) is 98.7 Å². The third-order valence-electron chi connectivity index (χ3n) is 2.94. The lowest BCUT2D eigenvalue weighted by Gasteiger charge is -2.19. The van der Waals surface area contributed by atoms with E-state index < -0.39 is 12.0 Å². The number of hydrogen-bond donors (Lipinski definition) is 3. The Labute approximate surface area is 129 Å². The summed E-state index contributed by atoms with van der Waals surface area (Å²) in [5, 5.41) is 14.3. The van der Waals surface area contributed by atoms with Crippen LogP contribution < -0.4 is 10.6 Å². The normalized spacial score (nSPS) is 15.1. The maximum atomic E-state index is 12.1. The highest BCUT2D eigenvalue weighted by Gasteiger charge is 2.20. The van der Waals surface area contributed by atoms with Gasteiger partial charge in [0.05, 0.1) is 5.56 Å². The fourth-order valence-corrected chi connectivity index (χ4v) is 2.46. The van der Waals surface area contributed by atoms with E-state index in [4.69, 9.17) is 5.11 Å². The minimum atomic E-state index is -1.08. The summed E-state index contributed by atoms with van der Waals surface area (Å²) in [5.74, 6) is -1.29. The second-order valence-electron chi connectivity index (χ2n) is 4.59. The predicted octanol–water partition coefficient (Wildman–Crippen LogP) is 1.50. The van der Waals surface area contributed by atoms with Crippen LogP contribution in [0.5, 0.6) is 0 Å². The summed E-state index contributed by atoms with van der Waals surface area (Å²) >= 11 is 3.20. The molecule has 0 saturated carbocycles. The van der Waals surface area contributed by atoms with Gasteiger partial charge in [-0.3, -0.25) is 4.79 Å². The fraction of sp³-hybridized carbons (Fsp3) is 0.308. The minimum absolute atomic E-state index is 0.00831. The monoisotopic (exact) mass is 355 g/mol. The van der Waals surface area contributed by atoms with Crippen LogP contribution in [0.25, 0.3) is 0 Å². The number of carbonyl (C=O) groups excluding carboxylic acids is 2. The summed E-state index contributed by atoms with van der Waals surface area (Å²) in [4.78, 5) is 35.9. The summed E-state index contributed by atoms with van der Waals surface area (Å²) in [7, 11) is 0. The number of benzene rings is 1. The molecular weight excluding hydrogens is 342 g/mol. The van der Waals surface area contributed by atoms with Gasteiger partial charge in [-0.1, -0.05) is 15.9 Å². The Bertz CT molecular complexity index is 591. The molecule has 1 heterocycles. The molecule has 1 aromatic carbocycles. The molecule has 1 aliphatic heterocycles. The predicted molar refractivity (Wildman–Crippen MR) is 79.3 cm³/mol.